The summed E-state index contributed by atoms with van der Waals surface area (Å²) in [6, 6.07) is 8.22. The molecule has 11 nitrogen and oxygen atoms in total. The minimum Gasteiger partial charge on any atom is -0.477 e. The lowest BCUT2D eigenvalue weighted by atomic mass is 9.92. The molecular weight excluding hydrogens is 478 g/mol. The number of carbonyl (C=O) groups is 2. The van der Waals surface area contributed by atoms with E-state index in [1.54, 1.807) is 7.05 Å². The third-order valence-electron chi connectivity index (χ3n) is 5.48. The van der Waals surface area contributed by atoms with Gasteiger partial charge >= 0.3 is 5.97 Å². The van der Waals surface area contributed by atoms with Crippen LogP contribution >= 0.6 is 23.5 Å². The van der Waals surface area contributed by atoms with E-state index in [2.05, 4.69) is 34.6 Å². The topological polar surface area (TPSA) is 162 Å². The van der Waals surface area contributed by atoms with Crippen LogP contribution in [0.15, 0.2) is 40.7 Å². The number of nitrogens with two attached hydrogens (primary N) is 2. The Morgan fingerprint density at radius 1 is 1.41 bits per heavy atom. The number of β-lactam (4-membered cyclic amide) rings is 1. The Morgan fingerprint density at radius 2 is 2.09 bits per heavy atom. The van der Waals surface area contributed by atoms with Gasteiger partial charge in [0, 0.05) is 31.2 Å². The van der Waals surface area contributed by atoms with Gasteiger partial charge in [0.15, 0.2) is 0 Å². The number of methoxy groups -OCH3 is 1. The summed E-state index contributed by atoms with van der Waals surface area (Å²) < 4.78 is 6.56. The van der Waals surface area contributed by atoms with E-state index in [0.29, 0.717) is 22.2 Å². The fourth-order valence-corrected chi connectivity index (χ4v) is 6.09. The number of thioether (sulfide) groups is 2. The molecule has 13 heteroatoms. The Bertz CT molecular complexity index is 1110. The fourth-order valence-electron chi connectivity index (χ4n) is 3.70. The first-order valence-corrected chi connectivity index (χ1v) is 12.4. The van der Waals surface area contributed by atoms with Gasteiger partial charge < -0.3 is 15.6 Å². The predicted octanol–water partition coefficient (Wildman–Crippen LogP) is 1.05. The normalized spacial score (nSPS) is 22.0. The Morgan fingerprint density at radius 3 is 2.59 bits per heavy atom. The molecular formula is C21H29N7O4S2. The van der Waals surface area contributed by atoms with Crippen molar-refractivity contribution in [1.82, 2.24) is 25.1 Å². The number of rotatable bonds is 6. The van der Waals surface area contributed by atoms with Crippen molar-refractivity contribution in [2.24, 2.45) is 18.5 Å². The van der Waals surface area contributed by atoms with Crippen molar-refractivity contribution in [2.45, 2.75) is 42.6 Å². The molecule has 0 unspecified atom stereocenters. The number of fused-ring (bicyclic) bond motifs is 1. The van der Waals surface area contributed by atoms with Crippen molar-refractivity contribution in [3.05, 3.63) is 46.7 Å². The van der Waals surface area contributed by atoms with Crippen LogP contribution in [-0.4, -0.2) is 71.8 Å². The zero-order valence-electron chi connectivity index (χ0n) is 19.7. The first-order valence-electron chi connectivity index (χ1n) is 10.4. The minimum atomic E-state index is -1.46. The van der Waals surface area contributed by atoms with Gasteiger partial charge in [-0.25, -0.2) is 9.48 Å². The van der Waals surface area contributed by atoms with Gasteiger partial charge in [-0.15, -0.1) is 16.9 Å². The summed E-state index contributed by atoms with van der Waals surface area (Å²) in [6.07, 6.45) is 0. The molecule has 2 aromatic rings. The van der Waals surface area contributed by atoms with Gasteiger partial charge in [0.25, 0.3) is 5.91 Å². The molecule has 1 aromatic carbocycles. The van der Waals surface area contributed by atoms with Crippen LogP contribution in [0.25, 0.3) is 0 Å². The quantitative estimate of drug-likeness (QED) is 0.291. The third kappa shape index (κ3) is 4.98. The Kier molecular flexibility index (Phi) is 7.72. The number of nitrogens with zero attached hydrogens (tertiary/aromatic N) is 5. The van der Waals surface area contributed by atoms with Gasteiger partial charge in [-0.05, 0) is 47.9 Å². The van der Waals surface area contributed by atoms with Crippen molar-refractivity contribution >= 4 is 35.4 Å². The number of tetrazole rings is 1. The lowest BCUT2D eigenvalue weighted by Crippen LogP contribution is -2.78. The van der Waals surface area contributed by atoms with Crippen molar-refractivity contribution < 1.29 is 19.4 Å². The highest BCUT2D eigenvalue weighted by molar-refractivity contribution is 8.01. The molecule has 0 radical (unpaired) electrons. The predicted molar refractivity (Wildman–Crippen MR) is 130 cm³/mol. The molecule has 4 rings (SSSR count). The van der Waals surface area contributed by atoms with Gasteiger partial charge in [-0.1, -0.05) is 36.0 Å². The Balaban J connectivity index is 0.000000248. The molecule has 184 valence electrons. The van der Waals surface area contributed by atoms with Gasteiger partial charge in [-0.3, -0.25) is 15.4 Å². The smallest absolute Gasteiger partial charge is 0.352 e. The maximum absolute atomic E-state index is 12.2. The summed E-state index contributed by atoms with van der Waals surface area (Å²) in [6.45, 7) is 6.13. The number of ether oxygens (including phenoxy) is 1. The fraction of sp³-hybridized carbons (Fsp3) is 0.476. The zero-order valence-corrected chi connectivity index (χ0v) is 21.3. The maximum Gasteiger partial charge on any atom is 0.352 e. The molecule has 2 aliphatic heterocycles. The summed E-state index contributed by atoms with van der Waals surface area (Å²) in [7, 11) is 3.03. The number of aliphatic carboxylic acids is 1. The maximum atomic E-state index is 12.2. The number of hydrogen-bond acceptors (Lipinski definition) is 10. The van der Waals surface area contributed by atoms with Crippen molar-refractivity contribution in [3.63, 3.8) is 0 Å². The lowest BCUT2D eigenvalue weighted by Gasteiger charge is -2.54. The Labute approximate surface area is 206 Å². The number of benzene rings is 1. The summed E-state index contributed by atoms with van der Waals surface area (Å²) in [5, 5.41) is 20.6. The first-order chi connectivity index (χ1) is 15.9. The number of aryl methyl sites for hydroxylation is 2. The van der Waals surface area contributed by atoms with Crippen LogP contribution in [0.3, 0.4) is 0 Å². The highest BCUT2D eigenvalue weighted by atomic mass is 32.2. The number of carbonyl (C=O) groups excluding carboxylic acids is 1. The summed E-state index contributed by atoms with van der Waals surface area (Å²) in [5.41, 5.74) is 13.3. The molecule has 1 fully saturated rings. The summed E-state index contributed by atoms with van der Waals surface area (Å²) in [5.74, 6) is -0.897. The molecule has 3 heterocycles. The average molecular weight is 508 g/mol. The monoisotopic (exact) mass is 507 g/mol. The number of hydrogen-bond donors (Lipinski definition) is 3. The largest absolute Gasteiger partial charge is 0.477 e. The van der Waals surface area contributed by atoms with E-state index in [4.69, 9.17) is 16.2 Å². The van der Waals surface area contributed by atoms with E-state index in [0.717, 1.165) is 0 Å². The molecule has 0 spiro atoms. The second-order valence-electron chi connectivity index (χ2n) is 8.50. The van der Waals surface area contributed by atoms with Crippen LogP contribution in [0.4, 0.5) is 0 Å². The molecule has 1 saturated heterocycles. The number of amides is 1. The minimum absolute atomic E-state index is 0.0282. The van der Waals surface area contributed by atoms with Crippen molar-refractivity contribution in [3.8, 4) is 0 Å². The van der Waals surface area contributed by atoms with Crippen molar-refractivity contribution in [2.75, 3.05) is 18.6 Å². The van der Waals surface area contributed by atoms with Crippen LogP contribution < -0.4 is 11.5 Å². The summed E-state index contributed by atoms with van der Waals surface area (Å²) >= 11 is 2.69. The molecule has 0 bridgehead atoms. The van der Waals surface area contributed by atoms with Crippen LogP contribution in [0.2, 0.25) is 0 Å². The van der Waals surface area contributed by atoms with Gasteiger partial charge in [0.1, 0.15) is 11.1 Å². The van der Waals surface area contributed by atoms with E-state index in [9.17, 15) is 14.7 Å². The average Bonchev–Trinajstić information content (AvgIpc) is 3.20. The first kappa shape index (κ1) is 26.2. The highest BCUT2D eigenvalue weighted by Crippen LogP contribution is 2.45. The third-order valence-corrected chi connectivity index (χ3v) is 7.97. The molecule has 0 saturated carbocycles. The lowest BCUT2D eigenvalue weighted by molar-refractivity contribution is -0.182. The second-order valence-corrected chi connectivity index (χ2v) is 10.5. The number of carboxylic acids is 1. The van der Waals surface area contributed by atoms with Crippen LogP contribution in [0.5, 0.6) is 0 Å². The van der Waals surface area contributed by atoms with E-state index >= 15 is 0 Å². The molecule has 0 aliphatic carbocycles. The number of aromatic nitrogens is 4. The van der Waals surface area contributed by atoms with Gasteiger partial charge in [0.2, 0.25) is 10.9 Å². The van der Waals surface area contributed by atoms with Crippen LogP contribution in [0.1, 0.15) is 25.0 Å². The van der Waals surface area contributed by atoms with E-state index < -0.39 is 23.0 Å². The Hall–Kier alpha value is -2.45. The molecule has 1 aromatic heterocycles. The SMILES string of the molecule is CO[C@@]1(N)C(=O)N2C(C(=O)O)=C(CSc3nnnn3C)CS[C@H]21.Cc1ccccc1C(C)(C)N. The highest BCUT2D eigenvalue weighted by Gasteiger charge is 2.63. The molecule has 1 amide bonds. The zero-order chi connectivity index (χ0) is 25.3. The molecule has 5 N–H and O–H groups in total. The van der Waals surface area contributed by atoms with Crippen LogP contribution in [-0.2, 0) is 26.9 Å². The standard InChI is InChI=1S/C11H14N6O4S2.C10H15N/c1-16-10(13-14-15-16)23-4-5-3-22-9-11(12,21-2)8(20)17(9)6(5)7(18)19;1-8-6-4-5-7-9(8)10(2,3)11/h9H,3-4,12H2,1-2H3,(H,18,19);4-7H,11H2,1-3H3/t9-,11-;/m0./s1. The number of carboxylic acid groups (broad SMARTS) is 1. The van der Waals surface area contributed by atoms with Gasteiger partial charge in [-0.2, -0.15) is 0 Å². The van der Waals surface area contributed by atoms with E-state index in [1.165, 1.54) is 51.3 Å². The van der Waals surface area contributed by atoms with Crippen molar-refractivity contribution in [1.29, 1.82) is 0 Å². The van der Waals surface area contributed by atoms with Crippen LogP contribution in [0, 0.1) is 6.92 Å². The molecule has 2 aliphatic rings. The van der Waals surface area contributed by atoms with Gasteiger partial charge in [0.05, 0.1) is 0 Å². The summed E-state index contributed by atoms with van der Waals surface area (Å²) in [4.78, 5) is 25.0. The molecule has 2 atom stereocenters. The van der Waals surface area contributed by atoms with E-state index in [1.807, 2.05) is 26.0 Å². The second kappa shape index (κ2) is 10.0. The van der Waals surface area contributed by atoms with E-state index in [-0.39, 0.29) is 11.2 Å². The molecule has 34 heavy (non-hydrogen) atoms.